The number of anilines is 1. The smallest absolute Gasteiger partial charge is 0.321 e. The maximum absolute atomic E-state index is 12.3. The maximum atomic E-state index is 12.3. The summed E-state index contributed by atoms with van der Waals surface area (Å²) >= 11 is 0. The first-order valence-electron chi connectivity index (χ1n) is 6.24. The summed E-state index contributed by atoms with van der Waals surface area (Å²) in [6.45, 7) is 1.39. The van der Waals surface area contributed by atoms with E-state index < -0.39 is 22.5 Å². The number of aromatic nitrogens is 1. The van der Waals surface area contributed by atoms with Crippen molar-refractivity contribution in [3.63, 3.8) is 0 Å². The van der Waals surface area contributed by atoms with Crippen molar-refractivity contribution in [3.05, 3.63) is 30.5 Å². The molecule has 21 heavy (non-hydrogen) atoms. The highest BCUT2D eigenvalue weighted by Crippen LogP contribution is 2.25. The molecule has 3 N–H and O–H groups in total. The van der Waals surface area contributed by atoms with Gasteiger partial charge < -0.3 is 10.5 Å². The fourth-order valence-electron chi connectivity index (χ4n) is 1.83. The third-order valence-corrected chi connectivity index (χ3v) is 4.20. The second-order valence-electron chi connectivity index (χ2n) is 4.18. The van der Waals surface area contributed by atoms with Crippen molar-refractivity contribution in [2.75, 3.05) is 18.9 Å². The number of pyridine rings is 1. The van der Waals surface area contributed by atoms with Crippen molar-refractivity contribution < 1.29 is 17.9 Å². The van der Waals surface area contributed by atoms with Crippen LogP contribution in [0.1, 0.15) is 6.92 Å². The molecule has 7 nitrogen and oxygen atoms in total. The van der Waals surface area contributed by atoms with E-state index in [1.165, 1.54) is 18.3 Å². The molecule has 112 valence electrons. The molecule has 0 aliphatic rings. The van der Waals surface area contributed by atoms with Crippen LogP contribution in [-0.4, -0.2) is 32.5 Å². The number of sulfonamides is 1. The Morgan fingerprint density at radius 1 is 1.38 bits per heavy atom. The largest absolute Gasteiger partial charge is 0.465 e. The Morgan fingerprint density at radius 2 is 2.14 bits per heavy atom. The number of hydrogen-bond acceptors (Lipinski definition) is 6. The Labute approximate surface area is 122 Å². The van der Waals surface area contributed by atoms with E-state index in [1.807, 2.05) is 0 Å². The summed E-state index contributed by atoms with van der Waals surface area (Å²) in [6.07, 6.45) is 1.48. The average Bonchev–Trinajstić information content (AvgIpc) is 2.46. The Morgan fingerprint density at radius 3 is 2.86 bits per heavy atom. The molecule has 0 atom stereocenters. The number of fused-ring (bicyclic) bond motifs is 1. The molecule has 0 aliphatic heterocycles. The number of carbonyl (C=O) groups is 1. The second kappa shape index (κ2) is 6.06. The van der Waals surface area contributed by atoms with Gasteiger partial charge >= 0.3 is 5.97 Å². The molecule has 0 amide bonds. The number of benzene rings is 1. The molecule has 0 unspecified atom stereocenters. The predicted molar refractivity (Wildman–Crippen MR) is 78.0 cm³/mol. The van der Waals surface area contributed by atoms with Crippen molar-refractivity contribution in [2.24, 2.45) is 0 Å². The van der Waals surface area contributed by atoms with Crippen LogP contribution in [0.25, 0.3) is 10.9 Å². The second-order valence-corrected chi connectivity index (χ2v) is 5.92. The van der Waals surface area contributed by atoms with Gasteiger partial charge in [0.25, 0.3) is 0 Å². The zero-order valence-electron chi connectivity index (χ0n) is 11.4. The Bertz CT molecular complexity index is 774. The number of nitrogens with two attached hydrogens (primary N) is 1. The highest BCUT2D eigenvalue weighted by Gasteiger charge is 2.20. The van der Waals surface area contributed by atoms with Crippen molar-refractivity contribution in [1.82, 2.24) is 9.71 Å². The lowest BCUT2D eigenvalue weighted by atomic mass is 10.2. The zero-order chi connectivity index (χ0) is 15.5. The number of nitrogens with one attached hydrogen (secondary N) is 1. The summed E-state index contributed by atoms with van der Waals surface area (Å²) in [6, 6.07) is 6.20. The van der Waals surface area contributed by atoms with E-state index in [0.29, 0.717) is 11.1 Å². The fraction of sp³-hybridized carbons (Fsp3) is 0.231. The number of nitrogen functional groups attached to an aromatic ring is 1. The van der Waals surface area contributed by atoms with E-state index in [2.05, 4.69) is 14.4 Å². The van der Waals surface area contributed by atoms with Crippen LogP contribution < -0.4 is 10.5 Å². The topological polar surface area (TPSA) is 111 Å². The van der Waals surface area contributed by atoms with E-state index >= 15 is 0 Å². The first-order valence-corrected chi connectivity index (χ1v) is 7.72. The van der Waals surface area contributed by atoms with E-state index in [0.717, 1.165) is 0 Å². The molecule has 0 radical (unpaired) electrons. The van der Waals surface area contributed by atoms with Crippen LogP contribution in [-0.2, 0) is 19.6 Å². The van der Waals surface area contributed by atoms with E-state index in [9.17, 15) is 13.2 Å². The van der Waals surface area contributed by atoms with Crippen molar-refractivity contribution in [2.45, 2.75) is 11.8 Å². The summed E-state index contributed by atoms with van der Waals surface area (Å²) in [4.78, 5) is 15.3. The molecule has 0 saturated carbocycles. The van der Waals surface area contributed by atoms with Crippen LogP contribution in [0.15, 0.2) is 35.4 Å². The molecule has 1 heterocycles. The molecule has 0 fully saturated rings. The van der Waals surface area contributed by atoms with E-state index in [1.54, 1.807) is 19.1 Å². The van der Waals surface area contributed by atoms with Crippen molar-refractivity contribution in [1.29, 1.82) is 0 Å². The molecule has 2 rings (SSSR count). The van der Waals surface area contributed by atoms with Gasteiger partial charge in [0.1, 0.15) is 11.4 Å². The fourth-order valence-corrected chi connectivity index (χ4v) is 2.96. The van der Waals surface area contributed by atoms with Gasteiger partial charge in [-0.3, -0.25) is 9.78 Å². The third-order valence-electron chi connectivity index (χ3n) is 2.77. The number of nitrogens with zero attached hydrogens (tertiary/aromatic N) is 1. The van der Waals surface area contributed by atoms with Crippen LogP contribution in [0.5, 0.6) is 0 Å². The summed E-state index contributed by atoms with van der Waals surface area (Å²) in [7, 11) is -3.89. The molecule has 1 aromatic heterocycles. The van der Waals surface area contributed by atoms with Gasteiger partial charge in [0, 0.05) is 17.3 Å². The van der Waals surface area contributed by atoms with Gasteiger partial charge in [0.15, 0.2) is 0 Å². The molecule has 2 aromatic rings. The average molecular weight is 309 g/mol. The molecule has 0 spiro atoms. The predicted octanol–water partition coefficient (Wildman–Crippen LogP) is 0.658. The number of esters is 1. The zero-order valence-corrected chi connectivity index (χ0v) is 12.2. The summed E-state index contributed by atoms with van der Waals surface area (Å²) in [5.41, 5.74) is 6.49. The summed E-state index contributed by atoms with van der Waals surface area (Å²) < 4.78 is 31.4. The monoisotopic (exact) mass is 309 g/mol. The van der Waals surface area contributed by atoms with Gasteiger partial charge in [-0.05, 0) is 31.2 Å². The Hall–Kier alpha value is -2.19. The van der Waals surface area contributed by atoms with Crippen LogP contribution in [0.4, 0.5) is 5.69 Å². The molecule has 1 aromatic carbocycles. The molecular formula is C13H15N3O4S. The lowest BCUT2D eigenvalue weighted by Crippen LogP contribution is -2.31. The minimum absolute atomic E-state index is 0.0309. The maximum Gasteiger partial charge on any atom is 0.321 e. The third kappa shape index (κ3) is 3.29. The molecular weight excluding hydrogens is 294 g/mol. The molecule has 0 saturated heterocycles. The lowest BCUT2D eigenvalue weighted by molar-refractivity contribution is -0.141. The molecule has 0 aliphatic carbocycles. The first kappa shape index (κ1) is 15.2. The van der Waals surface area contributed by atoms with Crippen molar-refractivity contribution >= 4 is 32.6 Å². The molecule has 0 bridgehead atoms. The minimum Gasteiger partial charge on any atom is -0.465 e. The van der Waals surface area contributed by atoms with Crippen LogP contribution in [0.2, 0.25) is 0 Å². The van der Waals surface area contributed by atoms with Crippen LogP contribution in [0, 0.1) is 0 Å². The van der Waals surface area contributed by atoms with Gasteiger partial charge in [0.2, 0.25) is 10.0 Å². The standard InChI is InChI=1S/C13H15N3O4S/c1-2-20-12(17)8-16-21(18,19)11-6-5-10(14)9-4-3-7-15-13(9)11/h3-7,16H,2,8,14H2,1H3. The Kier molecular flexibility index (Phi) is 4.39. The Balaban J connectivity index is 2.37. The minimum atomic E-state index is -3.89. The van der Waals surface area contributed by atoms with Crippen LogP contribution >= 0.6 is 0 Å². The van der Waals surface area contributed by atoms with Gasteiger partial charge in [-0.25, -0.2) is 8.42 Å². The van der Waals surface area contributed by atoms with E-state index in [4.69, 9.17) is 5.73 Å². The number of rotatable bonds is 5. The van der Waals surface area contributed by atoms with Crippen molar-refractivity contribution in [3.8, 4) is 0 Å². The highest BCUT2D eigenvalue weighted by atomic mass is 32.2. The number of carbonyl (C=O) groups excluding carboxylic acids is 1. The SMILES string of the molecule is CCOC(=O)CNS(=O)(=O)c1ccc(N)c2cccnc12. The number of hydrogen-bond donors (Lipinski definition) is 2. The molecule has 8 heteroatoms. The van der Waals surface area contributed by atoms with Crippen LogP contribution in [0.3, 0.4) is 0 Å². The quantitative estimate of drug-likeness (QED) is 0.620. The number of ether oxygens (including phenoxy) is 1. The summed E-state index contributed by atoms with van der Waals surface area (Å²) in [5.74, 6) is -0.645. The first-order chi connectivity index (χ1) is 9.95. The lowest BCUT2D eigenvalue weighted by Gasteiger charge is -2.09. The van der Waals surface area contributed by atoms with Gasteiger partial charge in [-0.1, -0.05) is 0 Å². The normalized spacial score (nSPS) is 11.5. The van der Waals surface area contributed by atoms with E-state index in [-0.39, 0.29) is 17.0 Å². The summed E-state index contributed by atoms with van der Waals surface area (Å²) in [5, 5.41) is 0.538. The van der Waals surface area contributed by atoms with Gasteiger partial charge in [0.05, 0.1) is 12.1 Å². The highest BCUT2D eigenvalue weighted by molar-refractivity contribution is 7.89. The van der Waals surface area contributed by atoms with Gasteiger partial charge in [-0.15, -0.1) is 0 Å². The van der Waals surface area contributed by atoms with Gasteiger partial charge in [-0.2, -0.15) is 4.72 Å².